The molecule has 1 heteroatoms. The molecule has 0 aliphatic rings. The minimum absolute atomic E-state index is 0.260. The first kappa shape index (κ1) is 11.6. The highest BCUT2D eigenvalue weighted by atomic mass is 35.5. The minimum Gasteiger partial charge on any atom is -0.0840 e. The van der Waals surface area contributed by atoms with Crippen LogP contribution in [0.1, 0.15) is 44.7 Å². The molecule has 78 valence electrons. The standard InChI is InChI=1S/C13H19Cl/c1-9-7-6-8-11(14)12(9)10(2)13(3,4)5/h6-8,10H,1-5H3. The van der Waals surface area contributed by atoms with Crippen molar-refractivity contribution in [3.63, 3.8) is 0 Å². The van der Waals surface area contributed by atoms with Crippen LogP contribution in [0.25, 0.3) is 0 Å². The van der Waals surface area contributed by atoms with Gasteiger partial charge in [-0.3, -0.25) is 0 Å². The molecule has 1 unspecified atom stereocenters. The van der Waals surface area contributed by atoms with Gasteiger partial charge in [0.15, 0.2) is 0 Å². The average molecular weight is 211 g/mol. The van der Waals surface area contributed by atoms with Gasteiger partial charge in [0.1, 0.15) is 0 Å². The van der Waals surface area contributed by atoms with Crippen LogP contribution in [0.5, 0.6) is 0 Å². The second kappa shape index (κ2) is 3.94. The Balaban J connectivity index is 3.19. The van der Waals surface area contributed by atoms with E-state index in [1.165, 1.54) is 11.1 Å². The summed E-state index contributed by atoms with van der Waals surface area (Å²) in [6.45, 7) is 11.1. The maximum atomic E-state index is 6.23. The Morgan fingerprint density at radius 1 is 1.21 bits per heavy atom. The van der Waals surface area contributed by atoms with Crippen LogP contribution in [0, 0.1) is 12.3 Å². The summed E-state index contributed by atoms with van der Waals surface area (Å²) < 4.78 is 0. The molecule has 0 fully saturated rings. The number of hydrogen-bond acceptors (Lipinski definition) is 0. The van der Waals surface area contributed by atoms with E-state index in [9.17, 15) is 0 Å². The fourth-order valence-corrected chi connectivity index (χ4v) is 2.01. The lowest BCUT2D eigenvalue weighted by atomic mass is 9.76. The molecule has 0 aliphatic carbocycles. The van der Waals surface area contributed by atoms with Crippen molar-refractivity contribution in [1.29, 1.82) is 0 Å². The summed E-state index contributed by atoms with van der Waals surface area (Å²) in [6, 6.07) is 6.12. The summed E-state index contributed by atoms with van der Waals surface area (Å²) >= 11 is 6.23. The summed E-state index contributed by atoms with van der Waals surface area (Å²) in [5, 5.41) is 0.896. The van der Waals surface area contributed by atoms with E-state index in [1.807, 2.05) is 12.1 Å². The van der Waals surface area contributed by atoms with Crippen molar-refractivity contribution >= 4 is 11.6 Å². The van der Waals surface area contributed by atoms with Gasteiger partial charge >= 0.3 is 0 Å². The van der Waals surface area contributed by atoms with Crippen molar-refractivity contribution in [3.8, 4) is 0 Å². The fraction of sp³-hybridized carbons (Fsp3) is 0.538. The van der Waals surface area contributed by atoms with Gasteiger partial charge in [-0.15, -0.1) is 0 Å². The monoisotopic (exact) mass is 210 g/mol. The molecule has 1 rings (SSSR count). The maximum Gasteiger partial charge on any atom is 0.0443 e. The molecule has 0 radical (unpaired) electrons. The van der Waals surface area contributed by atoms with E-state index in [0.29, 0.717) is 5.92 Å². The zero-order valence-corrected chi connectivity index (χ0v) is 10.4. The third kappa shape index (κ3) is 2.30. The summed E-state index contributed by atoms with van der Waals surface area (Å²) in [5.41, 5.74) is 2.84. The van der Waals surface area contributed by atoms with Crippen LogP contribution in [0.15, 0.2) is 18.2 Å². The highest BCUT2D eigenvalue weighted by molar-refractivity contribution is 6.31. The van der Waals surface area contributed by atoms with Gasteiger partial charge in [-0.2, -0.15) is 0 Å². The van der Waals surface area contributed by atoms with Crippen LogP contribution < -0.4 is 0 Å². The lowest BCUT2D eigenvalue weighted by Crippen LogP contribution is -2.16. The van der Waals surface area contributed by atoms with Crippen molar-refractivity contribution in [2.75, 3.05) is 0 Å². The number of benzene rings is 1. The quantitative estimate of drug-likeness (QED) is 0.625. The molecule has 0 aromatic heterocycles. The van der Waals surface area contributed by atoms with E-state index in [1.54, 1.807) is 0 Å². The van der Waals surface area contributed by atoms with E-state index in [0.717, 1.165) is 5.02 Å². The van der Waals surface area contributed by atoms with E-state index in [2.05, 4.69) is 40.7 Å². The van der Waals surface area contributed by atoms with Gasteiger partial charge in [0.2, 0.25) is 0 Å². The lowest BCUT2D eigenvalue weighted by molar-refractivity contribution is 0.339. The number of aryl methyl sites for hydroxylation is 1. The molecule has 14 heavy (non-hydrogen) atoms. The Morgan fingerprint density at radius 3 is 2.21 bits per heavy atom. The predicted molar refractivity (Wildman–Crippen MR) is 64.1 cm³/mol. The van der Waals surface area contributed by atoms with Crippen molar-refractivity contribution in [3.05, 3.63) is 34.3 Å². The molecule has 0 aliphatic heterocycles. The van der Waals surface area contributed by atoms with E-state index >= 15 is 0 Å². The van der Waals surface area contributed by atoms with Crippen LogP contribution in [-0.2, 0) is 0 Å². The topological polar surface area (TPSA) is 0 Å². The van der Waals surface area contributed by atoms with Gasteiger partial charge in [-0.1, -0.05) is 51.4 Å². The van der Waals surface area contributed by atoms with Crippen molar-refractivity contribution < 1.29 is 0 Å². The number of hydrogen-bond donors (Lipinski definition) is 0. The second-order valence-corrected chi connectivity index (χ2v) is 5.47. The Hall–Kier alpha value is -0.490. The van der Waals surface area contributed by atoms with Crippen molar-refractivity contribution in [2.45, 2.75) is 40.5 Å². The third-order valence-electron chi connectivity index (χ3n) is 3.00. The Labute approximate surface area is 92.3 Å². The highest BCUT2D eigenvalue weighted by Gasteiger charge is 2.24. The molecule has 0 N–H and O–H groups in total. The predicted octanol–water partition coefficient (Wildman–Crippen LogP) is 4.80. The van der Waals surface area contributed by atoms with Gasteiger partial charge in [-0.05, 0) is 35.4 Å². The fourth-order valence-electron chi connectivity index (χ4n) is 1.63. The molecule has 0 bridgehead atoms. The summed E-state index contributed by atoms with van der Waals surface area (Å²) in [6.07, 6.45) is 0. The average Bonchev–Trinajstić information content (AvgIpc) is 2.01. The van der Waals surface area contributed by atoms with Crippen LogP contribution in [0.4, 0.5) is 0 Å². The first-order chi connectivity index (χ1) is 6.34. The molecule has 0 heterocycles. The summed E-state index contributed by atoms with van der Waals surface area (Å²) in [7, 11) is 0. The zero-order chi connectivity index (χ0) is 10.9. The summed E-state index contributed by atoms with van der Waals surface area (Å²) in [4.78, 5) is 0. The van der Waals surface area contributed by atoms with E-state index < -0.39 is 0 Å². The molecular weight excluding hydrogens is 192 g/mol. The van der Waals surface area contributed by atoms with Gasteiger partial charge < -0.3 is 0 Å². The molecule has 1 atom stereocenters. The van der Waals surface area contributed by atoms with Crippen molar-refractivity contribution in [1.82, 2.24) is 0 Å². The third-order valence-corrected chi connectivity index (χ3v) is 3.33. The Bertz CT molecular complexity index is 300. The molecule has 1 aromatic carbocycles. The van der Waals surface area contributed by atoms with Gasteiger partial charge in [0.25, 0.3) is 0 Å². The Morgan fingerprint density at radius 2 is 1.79 bits per heavy atom. The summed E-state index contributed by atoms with van der Waals surface area (Å²) in [5.74, 6) is 0.483. The Kier molecular flexibility index (Phi) is 3.26. The largest absolute Gasteiger partial charge is 0.0840 e. The molecule has 0 nitrogen and oxygen atoms in total. The lowest BCUT2D eigenvalue weighted by Gasteiger charge is -2.29. The zero-order valence-electron chi connectivity index (χ0n) is 9.69. The van der Waals surface area contributed by atoms with E-state index in [-0.39, 0.29) is 5.41 Å². The first-order valence-corrected chi connectivity index (χ1v) is 5.47. The highest BCUT2D eigenvalue weighted by Crippen LogP contribution is 2.39. The molecule has 1 aromatic rings. The molecule has 0 saturated carbocycles. The first-order valence-electron chi connectivity index (χ1n) is 5.09. The molecule has 0 amide bonds. The smallest absolute Gasteiger partial charge is 0.0443 e. The normalized spacial score (nSPS) is 14.1. The minimum atomic E-state index is 0.260. The van der Waals surface area contributed by atoms with E-state index in [4.69, 9.17) is 11.6 Å². The molecule has 0 saturated heterocycles. The SMILES string of the molecule is Cc1cccc(Cl)c1C(C)C(C)(C)C. The van der Waals surface area contributed by atoms with Crippen LogP contribution in [-0.4, -0.2) is 0 Å². The second-order valence-electron chi connectivity index (χ2n) is 5.06. The van der Waals surface area contributed by atoms with Crippen LogP contribution >= 0.6 is 11.6 Å². The van der Waals surface area contributed by atoms with Crippen LogP contribution in [0.2, 0.25) is 5.02 Å². The van der Waals surface area contributed by atoms with Gasteiger partial charge in [-0.25, -0.2) is 0 Å². The maximum absolute atomic E-state index is 6.23. The number of rotatable bonds is 1. The molecular formula is C13H19Cl. The van der Waals surface area contributed by atoms with Crippen molar-refractivity contribution in [2.24, 2.45) is 5.41 Å². The van der Waals surface area contributed by atoms with Crippen LogP contribution in [0.3, 0.4) is 0 Å². The van der Waals surface area contributed by atoms with Gasteiger partial charge in [0, 0.05) is 5.02 Å². The number of halogens is 1. The van der Waals surface area contributed by atoms with Gasteiger partial charge in [0.05, 0.1) is 0 Å². The molecule has 0 spiro atoms.